The second-order valence-corrected chi connectivity index (χ2v) is 6.54. The summed E-state index contributed by atoms with van der Waals surface area (Å²) in [5.41, 5.74) is 7.03. The molecule has 0 aliphatic carbocycles. The molecule has 0 aliphatic rings. The number of nitrogens with two attached hydrogens (primary N) is 1. The summed E-state index contributed by atoms with van der Waals surface area (Å²) in [6.45, 7) is 0.850. The van der Waals surface area contributed by atoms with Crippen LogP contribution in [0.15, 0.2) is 54.6 Å². The van der Waals surface area contributed by atoms with Gasteiger partial charge in [0.1, 0.15) is 17.3 Å². The fourth-order valence-corrected chi connectivity index (χ4v) is 3.19. The highest BCUT2D eigenvalue weighted by Crippen LogP contribution is 2.31. The summed E-state index contributed by atoms with van der Waals surface area (Å²) < 4.78 is 18.3. The minimum absolute atomic E-state index is 0.265. The summed E-state index contributed by atoms with van der Waals surface area (Å²) in [6.07, 6.45) is 0.614. The highest BCUT2D eigenvalue weighted by Gasteiger charge is 2.18. The van der Waals surface area contributed by atoms with Gasteiger partial charge in [0.15, 0.2) is 5.13 Å². The number of aromatic nitrogens is 1. The summed E-state index contributed by atoms with van der Waals surface area (Å²) in [4.78, 5) is 17.3. The van der Waals surface area contributed by atoms with E-state index >= 15 is 0 Å². The van der Waals surface area contributed by atoms with E-state index in [4.69, 9.17) is 10.5 Å². The standard InChI is InChI=1S/C19H18FN3O2S/c20-14-7-9-15(10-8-14)25-12-4-11-22-18(24)16-17(26-19(21)23-16)13-5-2-1-3-6-13/h1-3,5-10H,4,11-12H2,(H2,21,23)(H,22,24). The van der Waals surface area contributed by atoms with Crippen LogP contribution in [0.2, 0.25) is 0 Å². The van der Waals surface area contributed by atoms with Crippen molar-refractivity contribution in [2.24, 2.45) is 0 Å². The molecule has 0 saturated carbocycles. The topological polar surface area (TPSA) is 77.2 Å². The van der Waals surface area contributed by atoms with Gasteiger partial charge in [0.2, 0.25) is 0 Å². The molecule has 5 nitrogen and oxygen atoms in total. The summed E-state index contributed by atoms with van der Waals surface area (Å²) in [5, 5.41) is 3.18. The van der Waals surface area contributed by atoms with Gasteiger partial charge in [-0.15, -0.1) is 0 Å². The third-order valence-corrected chi connectivity index (χ3v) is 4.52. The molecule has 134 valence electrons. The van der Waals surface area contributed by atoms with Gasteiger partial charge in [-0.3, -0.25) is 4.79 Å². The number of anilines is 1. The zero-order chi connectivity index (χ0) is 18.4. The predicted octanol–water partition coefficient (Wildman–Crippen LogP) is 3.73. The summed E-state index contributed by atoms with van der Waals surface area (Å²) in [6, 6.07) is 15.4. The first-order valence-corrected chi connectivity index (χ1v) is 8.93. The Morgan fingerprint density at radius 2 is 1.88 bits per heavy atom. The minimum Gasteiger partial charge on any atom is -0.494 e. The van der Waals surface area contributed by atoms with Crippen molar-refractivity contribution >= 4 is 22.4 Å². The van der Waals surface area contributed by atoms with Crippen LogP contribution in [-0.4, -0.2) is 24.0 Å². The van der Waals surface area contributed by atoms with Crippen LogP contribution in [0.1, 0.15) is 16.9 Å². The van der Waals surface area contributed by atoms with Crippen molar-refractivity contribution in [2.75, 3.05) is 18.9 Å². The average molecular weight is 371 g/mol. The van der Waals surface area contributed by atoms with Crippen molar-refractivity contribution in [1.82, 2.24) is 10.3 Å². The minimum atomic E-state index is -0.304. The van der Waals surface area contributed by atoms with Crippen LogP contribution in [-0.2, 0) is 0 Å². The van der Waals surface area contributed by atoms with E-state index in [2.05, 4.69) is 10.3 Å². The molecule has 0 atom stereocenters. The zero-order valence-corrected chi connectivity index (χ0v) is 14.8. The van der Waals surface area contributed by atoms with Gasteiger partial charge in [-0.05, 0) is 36.2 Å². The van der Waals surface area contributed by atoms with E-state index in [9.17, 15) is 9.18 Å². The lowest BCUT2D eigenvalue weighted by Crippen LogP contribution is -2.26. The van der Waals surface area contributed by atoms with Gasteiger partial charge in [-0.1, -0.05) is 41.7 Å². The third kappa shape index (κ3) is 4.58. The van der Waals surface area contributed by atoms with E-state index in [1.807, 2.05) is 30.3 Å². The van der Waals surface area contributed by atoms with E-state index in [0.717, 1.165) is 10.4 Å². The SMILES string of the molecule is Nc1nc(C(=O)NCCCOc2ccc(F)cc2)c(-c2ccccc2)s1. The normalized spacial score (nSPS) is 10.5. The van der Waals surface area contributed by atoms with E-state index in [1.165, 1.54) is 23.5 Å². The highest BCUT2D eigenvalue weighted by molar-refractivity contribution is 7.19. The number of nitrogen functional groups attached to an aromatic ring is 1. The molecular weight excluding hydrogens is 353 g/mol. The predicted molar refractivity (Wildman–Crippen MR) is 101 cm³/mol. The number of halogens is 1. The van der Waals surface area contributed by atoms with Crippen molar-refractivity contribution in [1.29, 1.82) is 0 Å². The number of nitrogens with one attached hydrogen (secondary N) is 1. The molecule has 26 heavy (non-hydrogen) atoms. The van der Waals surface area contributed by atoms with Crippen molar-refractivity contribution < 1.29 is 13.9 Å². The molecule has 0 spiro atoms. The molecule has 0 fully saturated rings. The molecule has 3 aromatic rings. The number of hydrogen-bond acceptors (Lipinski definition) is 5. The number of thiazole rings is 1. The van der Waals surface area contributed by atoms with Gasteiger partial charge in [-0.25, -0.2) is 9.37 Å². The lowest BCUT2D eigenvalue weighted by atomic mass is 10.1. The first-order valence-electron chi connectivity index (χ1n) is 8.12. The lowest BCUT2D eigenvalue weighted by molar-refractivity contribution is 0.0948. The van der Waals surface area contributed by atoms with Crippen LogP contribution in [0.5, 0.6) is 5.75 Å². The van der Waals surface area contributed by atoms with Crippen molar-refractivity contribution in [3.05, 3.63) is 66.1 Å². The quantitative estimate of drug-likeness (QED) is 0.621. The number of benzene rings is 2. The molecule has 1 aromatic heterocycles. The largest absolute Gasteiger partial charge is 0.494 e. The number of ether oxygens (including phenoxy) is 1. The summed E-state index contributed by atoms with van der Waals surface area (Å²) in [5.74, 6) is 0.0244. The number of amides is 1. The molecule has 2 aromatic carbocycles. The van der Waals surface area contributed by atoms with Gasteiger partial charge in [-0.2, -0.15) is 0 Å². The van der Waals surface area contributed by atoms with E-state index < -0.39 is 0 Å². The van der Waals surface area contributed by atoms with Crippen LogP contribution in [0.25, 0.3) is 10.4 Å². The maximum atomic E-state index is 12.8. The molecule has 0 bridgehead atoms. The second-order valence-electron chi connectivity index (χ2n) is 5.51. The van der Waals surface area contributed by atoms with Crippen LogP contribution in [0.3, 0.4) is 0 Å². The molecule has 0 aliphatic heterocycles. The van der Waals surface area contributed by atoms with Crippen LogP contribution >= 0.6 is 11.3 Å². The number of rotatable bonds is 7. The summed E-state index contributed by atoms with van der Waals surface area (Å²) in [7, 11) is 0. The fourth-order valence-electron chi connectivity index (χ4n) is 2.35. The Hall–Kier alpha value is -2.93. The smallest absolute Gasteiger partial charge is 0.271 e. The Balaban J connectivity index is 1.52. The Labute approximate surface area is 154 Å². The van der Waals surface area contributed by atoms with Gasteiger partial charge >= 0.3 is 0 Å². The molecule has 3 rings (SSSR count). The van der Waals surface area contributed by atoms with Crippen LogP contribution < -0.4 is 15.8 Å². The average Bonchev–Trinajstić information content (AvgIpc) is 3.05. The Kier molecular flexibility index (Phi) is 5.80. The molecule has 0 saturated heterocycles. The number of hydrogen-bond donors (Lipinski definition) is 2. The zero-order valence-electron chi connectivity index (χ0n) is 13.9. The first kappa shape index (κ1) is 17.9. The van der Waals surface area contributed by atoms with E-state index in [0.29, 0.717) is 36.1 Å². The van der Waals surface area contributed by atoms with Crippen molar-refractivity contribution in [3.63, 3.8) is 0 Å². The Morgan fingerprint density at radius 1 is 1.15 bits per heavy atom. The number of carbonyl (C=O) groups is 1. The van der Waals surface area contributed by atoms with Crippen LogP contribution in [0.4, 0.5) is 9.52 Å². The highest BCUT2D eigenvalue weighted by atomic mass is 32.1. The third-order valence-electron chi connectivity index (χ3n) is 3.58. The maximum absolute atomic E-state index is 12.8. The molecule has 3 N–H and O–H groups in total. The summed E-state index contributed by atoms with van der Waals surface area (Å²) >= 11 is 1.29. The van der Waals surface area contributed by atoms with E-state index in [1.54, 1.807) is 12.1 Å². The van der Waals surface area contributed by atoms with Gasteiger partial charge in [0, 0.05) is 6.54 Å². The van der Waals surface area contributed by atoms with E-state index in [-0.39, 0.29) is 11.7 Å². The monoisotopic (exact) mass is 371 g/mol. The Morgan fingerprint density at radius 3 is 2.62 bits per heavy atom. The van der Waals surface area contributed by atoms with Crippen molar-refractivity contribution in [3.8, 4) is 16.2 Å². The molecular formula is C19H18FN3O2S. The van der Waals surface area contributed by atoms with Gasteiger partial charge in [0.05, 0.1) is 11.5 Å². The first-order chi connectivity index (χ1) is 12.6. The fraction of sp³-hybridized carbons (Fsp3) is 0.158. The molecule has 1 amide bonds. The molecule has 7 heteroatoms. The maximum Gasteiger partial charge on any atom is 0.271 e. The Bertz CT molecular complexity index is 866. The second kappa shape index (κ2) is 8.44. The number of carbonyl (C=O) groups excluding carboxylic acids is 1. The molecule has 0 radical (unpaired) electrons. The van der Waals surface area contributed by atoms with Gasteiger partial charge in [0.25, 0.3) is 5.91 Å². The van der Waals surface area contributed by atoms with Crippen molar-refractivity contribution in [2.45, 2.75) is 6.42 Å². The molecule has 1 heterocycles. The lowest BCUT2D eigenvalue weighted by Gasteiger charge is -2.07. The van der Waals surface area contributed by atoms with Gasteiger partial charge < -0.3 is 15.8 Å². The molecule has 0 unspecified atom stereocenters. The van der Waals surface area contributed by atoms with Crippen LogP contribution in [0, 0.1) is 5.82 Å². The number of nitrogens with zero attached hydrogens (tertiary/aromatic N) is 1.